The van der Waals surface area contributed by atoms with Crippen LogP contribution in [0.2, 0.25) is 0 Å². The molecule has 0 saturated heterocycles. The van der Waals surface area contributed by atoms with E-state index in [0.29, 0.717) is 11.0 Å². The molecular weight excluding hydrogens is 293 g/mol. The first-order valence-electron chi connectivity index (χ1n) is 5.96. The van der Waals surface area contributed by atoms with Gasteiger partial charge >= 0.3 is 0 Å². The average molecular weight is 308 g/mol. The Bertz CT molecular complexity index is 523. The second kappa shape index (κ2) is 6.01. The number of hydrogen-bond acceptors (Lipinski definition) is 1. The minimum atomic E-state index is -0.226. The molecule has 18 heavy (non-hydrogen) atoms. The summed E-state index contributed by atoms with van der Waals surface area (Å²) in [6.45, 7) is 2.75. The molecule has 0 unspecified atom stereocenters. The molecule has 0 bridgehead atoms. The predicted molar refractivity (Wildman–Crippen MR) is 77.2 cm³/mol. The molecule has 0 amide bonds. The Kier molecular flexibility index (Phi) is 4.37. The number of aryl methyl sites for hydroxylation is 1. The van der Waals surface area contributed by atoms with Crippen molar-refractivity contribution in [3.8, 4) is 0 Å². The van der Waals surface area contributed by atoms with Gasteiger partial charge in [0.1, 0.15) is 5.82 Å². The van der Waals surface area contributed by atoms with Gasteiger partial charge in [0.2, 0.25) is 0 Å². The molecule has 1 N–H and O–H groups in total. The number of benzene rings is 2. The highest BCUT2D eigenvalue weighted by atomic mass is 79.9. The van der Waals surface area contributed by atoms with Crippen LogP contribution < -0.4 is 5.32 Å². The number of hydrogen-bond donors (Lipinski definition) is 1. The van der Waals surface area contributed by atoms with Crippen molar-refractivity contribution in [2.45, 2.75) is 19.9 Å². The van der Waals surface area contributed by atoms with Crippen LogP contribution in [0.25, 0.3) is 0 Å². The van der Waals surface area contributed by atoms with Gasteiger partial charge in [-0.3, -0.25) is 0 Å². The average Bonchev–Trinajstić information content (AvgIpc) is 2.41. The van der Waals surface area contributed by atoms with Gasteiger partial charge in [0, 0.05) is 12.2 Å². The number of nitrogens with one attached hydrogen (secondary N) is 1. The molecule has 3 heteroatoms. The summed E-state index contributed by atoms with van der Waals surface area (Å²) >= 11 is 3.15. The van der Waals surface area contributed by atoms with E-state index in [1.165, 1.54) is 11.6 Å². The van der Waals surface area contributed by atoms with E-state index in [1.54, 1.807) is 6.07 Å². The first kappa shape index (κ1) is 13.1. The lowest BCUT2D eigenvalue weighted by molar-refractivity contribution is 0.619. The normalized spacial score (nSPS) is 10.4. The van der Waals surface area contributed by atoms with E-state index >= 15 is 0 Å². The van der Waals surface area contributed by atoms with Gasteiger partial charge < -0.3 is 5.32 Å². The largest absolute Gasteiger partial charge is 0.381 e. The zero-order chi connectivity index (χ0) is 13.0. The standard InChI is InChI=1S/C15H15BrFN/c1-2-11-3-6-13(7-4-11)18-10-12-5-8-14(16)15(17)9-12/h3-9,18H,2,10H2,1H3. The third kappa shape index (κ3) is 3.33. The van der Waals surface area contributed by atoms with Crippen LogP contribution in [-0.2, 0) is 13.0 Å². The molecule has 0 radical (unpaired) electrons. The van der Waals surface area contributed by atoms with Crippen molar-refractivity contribution in [3.05, 3.63) is 63.9 Å². The summed E-state index contributed by atoms with van der Waals surface area (Å²) in [7, 11) is 0. The van der Waals surface area contributed by atoms with E-state index in [-0.39, 0.29) is 5.82 Å². The van der Waals surface area contributed by atoms with Crippen LogP contribution in [0, 0.1) is 5.82 Å². The lowest BCUT2D eigenvalue weighted by atomic mass is 10.1. The fourth-order valence-corrected chi connectivity index (χ4v) is 1.96. The Labute approximate surface area is 115 Å². The van der Waals surface area contributed by atoms with Crippen molar-refractivity contribution < 1.29 is 4.39 Å². The van der Waals surface area contributed by atoms with E-state index in [0.717, 1.165) is 17.7 Å². The smallest absolute Gasteiger partial charge is 0.137 e. The SMILES string of the molecule is CCc1ccc(NCc2ccc(Br)c(F)c2)cc1. The molecule has 0 atom stereocenters. The Balaban J connectivity index is 1.99. The van der Waals surface area contributed by atoms with Crippen LogP contribution in [0.5, 0.6) is 0 Å². The van der Waals surface area contributed by atoms with Crippen molar-refractivity contribution in [3.63, 3.8) is 0 Å². The van der Waals surface area contributed by atoms with Gasteiger partial charge in [0.05, 0.1) is 4.47 Å². The molecule has 1 nitrogen and oxygen atoms in total. The van der Waals surface area contributed by atoms with E-state index in [9.17, 15) is 4.39 Å². The molecule has 2 rings (SSSR count). The number of halogens is 2. The molecule has 0 aliphatic heterocycles. The maximum absolute atomic E-state index is 13.3. The summed E-state index contributed by atoms with van der Waals surface area (Å²) in [5, 5.41) is 3.28. The maximum Gasteiger partial charge on any atom is 0.137 e. The summed E-state index contributed by atoms with van der Waals surface area (Å²) in [6, 6.07) is 13.5. The molecule has 0 saturated carbocycles. The quantitative estimate of drug-likeness (QED) is 0.858. The van der Waals surface area contributed by atoms with Gasteiger partial charge in [-0.15, -0.1) is 0 Å². The summed E-state index contributed by atoms with van der Waals surface area (Å²) in [5.74, 6) is -0.226. The Hall–Kier alpha value is -1.35. The highest BCUT2D eigenvalue weighted by molar-refractivity contribution is 9.10. The second-order valence-corrected chi connectivity index (χ2v) is 5.01. The van der Waals surface area contributed by atoms with Crippen LogP contribution >= 0.6 is 15.9 Å². The Morgan fingerprint density at radius 1 is 1.06 bits per heavy atom. The molecule has 0 aliphatic rings. The third-order valence-electron chi connectivity index (χ3n) is 2.84. The van der Waals surface area contributed by atoms with Crippen LogP contribution in [0.4, 0.5) is 10.1 Å². The topological polar surface area (TPSA) is 12.0 Å². The molecule has 0 aliphatic carbocycles. The molecule has 2 aromatic carbocycles. The fraction of sp³-hybridized carbons (Fsp3) is 0.200. The lowest BCUT2D eigenvalue weighted by Gasteiger charge is -2.08. The van der Waals surface area contributed by atoms with Crippen molar-refractivity contribution >= 4 is 21.6 Å². The number of rotatable bonds is 4. The maximum atomic E-state index is 13.3. The van der Waals surface area contributed by atoms with Gasteiger partial charge in [-0.25, -0.2) is 4.39 Å². The summed E-state index contributed by atoms with van der Waals surface area (Å²) in [4.78, 5) is 0. The molecule has 2 aromatic rings. The van der Waals surface area contributed by atoms with Crippen LogP contribution in [0.1, 0.15) is 18.1 Å². The third-order valence-corrected chi connectivity index (χ3v) is 3.49. The van der Waals surface area contributed by atoms with Crippen molar-refractivity contribution in [1.29, 1.82) is 0 Å². The predicted octanol–water partition coefficient (Wildman–Crippen LogP) is 4.76. The molecule has 0 fully saturated rings. The minimum Gasteiger partial charge on any atom is -0.381 e. The molecule has 0 aromatic heterocycles. The van der Waals surface area contributed by atoms with E-state index in [1.807, 2.05) is 18.2 Å². The highest BCUT2D eigenvalue weighted by Gasteiger charge is 2.00. The second-order valence-electron chi connectivity index (χ2n) is 4.15. The zero-order valence-electron chi connectivity index (χ0n) is 10.2. The summed E-state index contributed by atoms with van der Waals surface area (Å²) in [6.07, 6.45) is 1.04. The van der Waals surface area contributed by atoms with Crippen molar-refractivity contribution in [2.75, 3.05) is 5.32 Å². The van der Waals surface area contributed by atoms with E-state index in [2.05, 4.69) is 40.3 Å². The van der Waals surface area contributed by atoms with Gasteiger partial charge in [0.15, 0.2) is 0 Å². The zero-order valence-corrected chi connectivity index (χ0v) is 11.8. The van der Waals surface area contributed by atoms with Gasteiger partial charge in [-0.05, 0) is 57.7 Å². The first-order chi connectivity index (χ1) is 8.69. The molecular formula is C15H15BrFN. The number of anilines is 1. The van der Waals surface area contributed by atoms with Gasteiger partial charge in [-0.1, -0.05) is 25.1 Å². The Morgan fingerprint density at radius 3 is 2.33 bits per heavy atom. The van der Waals surface area contributed by atoms with E-state index in [4.69, 9.17) is 0 Å². The first-order valence-corrected chi connectivity index (χ1v) is 6.75. The minimum absolute atomic E-state index is 0.226. The molecule has 94 valence electrons. The monoisotopic (exact) mass is 307 g/mol. The summed E-state index contributed by atoms with van der Waals surface area (Å²) in [5.41, 5.74) is 3.29. The highest BCUT2D eigenvalue weighted by Crippen LogP contribution is 2.17. The Morgan fingerprint density at radius 2 is 1.72 bits per heavy atom. The lowest BCUT2D eigenvalue weighted by Crippen LogP contribution is -2.00. The summed E-state index contributed by atoms with van der Waals surface area (Å²) < 4.78 is 13.8. The van der Waals surface area contributed by atoms with Crippen LogP contribution in [0.15, 0.2) is 46.9 Å². The van der Waals surface area contributed by atoms with Crippen LogP contribution in [0.3, 0.4) is 0 Å². The molecule has 0 heterocycles. The van der Waals surface area contributed by atoms with Crippen LogP contribution in [-0.4, -0.2) is 0 Å². The molecule has 0 spiro atoms. The van der Waals surface area contributed by atoms with Crippen molar-refractivity contribution in [2.24, 2.45) is 0 Å². The van der Waals surface area contributed by atoms with Gasteiger partial charge in [-0.2, -0.15) is 0 Å². The van der Waals surface area contributed by atoms with Gasteiger partial charge in [0.25, 0.3) is 0 Å². The fourth-order valence-electron chi connectivity index (χ4n) is 1.71. The van der Waals surface area contributed by atoms with E-state index < -0.39 is 0 Å². The van der Waals surface area contributed by atoms with Crippen molar-refractivity contribution in [1.82, 2.24) is 0 Å².